The van der Waals surface area contributed by atoms with Gasteiger partial charge in [-0.15, -0.1) is 0 Å². The van der Waals surface area contributed by atoms with Crippen LogP contribution in [0.2, 0.25) is 0 Å². The normalized spacial score (nSPS) is 12.1. The third-order valence-corrected chi connectivity index (χ3v) is 3.04. The number of nitrogens with zero attached hydrogens (tertiary/aromatic N) is 1. The van der Waals surface area contributed by atoms with Gasteiger partial charge in [0, 0.05) is 0 Å². The van der Waals surface area contributed by atoms with E-state index in [-0.39, 0.29) is 0 Å². The van der Waals surface area contributed by atoms with Gasteiger partial charge in [-0.3, -0.25) is 0 Å². The van der Waals surface area contributed by atoms with Crippen LogP contribution in [-0.4, -0.2) is 15.1 Å². The summed E-state index contributed by atoms with van der Waals surface area (Å²) in [4.78, 5) is 7.37. The van der Waals surface area contributed by atoms with Gasteiger partial charge in [0.25, 0.3) is 0 Å². The van der Waals surface area contributed by atoms with Crippen molar-refractivity contribution in [2.75, 3.05) is 0 Å². The van der Waals surface area contributed by atoms with Crippen molar-refractivity contribution in [3.63, 3.8) is 0 Å². The molecule has 1 heterocycles. The highest BCUT2D eigenvalue weighted by Gasteiger charge is 2.19. The number of H-pyrrole nitrogens is 1. The molecule has 0 radical (unpaired) electrons. The van der Waals surface area contributed by atoms with Crippen LogP contribution in [0.15, 0.2) is 30.5 Å². The molecule has 2 rings (SSSR count). The Morgan fingerprint density at radius 3 is 2.22 bits per heavy atom. The first-order chi connectivity index (χ1) is 8.38. The number of rotatable bonds is 3. The molecule has 1 aromatic heterocycles. The number of hydrogen-bond donors (Lipinski definition) is 2. The molecule has 2 N–H and O–H groups in total. The molecule has 3 heteroatoms. The number of aromatic nitrogens is 2. The minimum Gasteiger partial charge on any atom is -0.383 e. The molecule has 0 aliphatic rings. The van der Waals surface area contributed by atoms with E-state index in [9.17, 15) is 5.11 Å². The van der Waals surface area contributed by atoms with Crippen LogP contribution in [0.5, 0.6) is 0 Å². The number of benzene rings is 1. The van der Waals surface area contributed by atoms with Crippen LogP contribution in [-0.2, 0) is 5.60 Å². The van der Waals surface area contributed by atoms with E-state index >= 15 is 0 Å². The van der Waals surface area contributed by atoms with Crippen molar-refractivity contribution in [3.8, 4) is 11.3 Å². The molecule has 0 saturated heterocycles. The van der Waals surface area contributed by atoms with Crippen molar-refractivity contribution < 1.29 is 5.11 Å². The lowest BCUT2D eigenvalue weighted by molar-refractivity contribution is 0.0697. The Kier molecular flexibility index (Phi) is 3.26. The van der Waals surface area contributed by atoms with Gasteiger partial charge >= 0.3 is 0 Å². The van der Waals surface area contributed by atoms with Gasteiger partial charge in [0.2, 0.25) is 0 Å². The molecule has 96 valence electrons. The second-order valence-corrected chi connectivity index (χ2v) is 5.48. The topological polar surface area (TPSA) is 48.9 Å². The zero-order valence-corrected chi connectivity index (χ0v) is 11.4. The van der Waals surface area contributed by atoms with E-state index in [1.54, 1.807) is 20.0 Å². The first kappa shape index (κ1) is 12.8. The summed E-state index contributed by atoms with van der Waals surface area (Å²) < 4.78 is 0. The lowest BCUT2D eigenvalue weighted by Gasteiger charge is -2.13. The van der Waals surface area contributed by atoms with E-state index in [1.807, 2.05) is 0 Å². The van der Waals surface area contributed by atoms with Crippen LogP contribution in [0, 0.1) is 0 Å². The Morgan fingerprint density at radius 2 is 1.78 bits per heavy atom. The Morgan fingerprint density at radius 1 is 1.17 bits per heavy atom. The van der Waals surface area contributed by atoms with E-state index in [1.165, 1.54) is 5.56 Å². The van der Waals surface area contributed by atoms with Gasteiger partial charge in [0.05, 0.1) is 11.9 Å². The molecule has 0 spiro atoms. The van der Waals surface area contributed by atoms with Gasteiger partial charge in [-0.05, 0) is 30.9 Å². The summed E-state index contributed by atoms with van der Waals surface area (Å²) in [5.41, 5.74) is 2.40. The molecular weight excluding hydrogens is 224 g/mol. The molecule has 0 bridgehead atoms. The Bertz CT molecular complexity index is 518. The number of nitrogens with one attached hydrogen (secondary N) is 1. The maximum Gasteiger partial charge on any atom is 0.138 e. The molecule has 0 amide bonds. The van der Waals surface area contributed by atoms with E-state index in [4.69, 9.17) is 0 Å². The molecule has 0 fully saturated rings. The molecule has 0 unspecified atom stereocenters. The molecule has 18 heavy (non-hydrogen) atoms. The van der Waals surface area contributed by atoms with Gasteiger partial charge in [-0.2, -0.15) is 0 Å². The van der Waals surface area contributed by atoms with Gasteiger partial charge < -0.3 is 10.1 Å². The summed E-state index contributed by atoms with van der Waals surface area (Å²) >= 11 is 0. The fraction of sp³-hybridized carbons (Fsp3) is 0.400. The van der Waals surface area contributed by atoms with Gasteiger partial charge in [-0.1, -0.05) is 38.1 Å². The van der Waals surface area contributed by atoms with Crippen LogP contribution in [0.25, 0.3) is 11.3 Å². The van der Waals surface area contributed by atoms with E-state index < -0.39 is 5.60 Å². The minimum absolute atomic E-state index is 0.535. The lowest BCUT2D eigenvalue weighted by Crippen LogP contribution is -2.17. The predicted molar refractivity (Wildman–Crippen MR) is 73.4 cm³/mol. The van der Waals surface area contributed by atoms with Gasteiger partial charge in [0.1, 0.15) is 11.4 Å². The van der Waals surface area contributed by atoms with Gasteiger partial charge in [0.15, 0.2) is 0 Å². The average Bonchev–Trinajstić information content (AvgIpc) is 2.78. The molecular formula is C15H20N2O. The molecule has 0 aliphatic heterocycles. The summed E-state index contributed by atoms with van der Waals surface area (Å²) in [7, 11) is 0. The van der Waals surface area contributed by atoms with Crippen LogP contribution in [0.3, 0.4) is 0 Å². The fourth-order valence-corrected chi connectivity index (χ4v) is 1.83. The summed E-state index contributed by atoms with van der Waals surface area (Å²) in [5.74, 6) is 1.12. The van der Waals surface area contributed by atoms with E-state index in [0.29, 0.717) is 11.7 Å². The number of imidazole rings is 1. The van der Waals surface area contributed by atoms with Crippen molar-refractivity contribution in [1.29, 1.82) is 0 Å². The molecule has 0 saturated carbocycles. The maximum absolute atomic E-state index is 9.87. The quantitative estimate of drug-likeness (QED) is 0.869. The monoisotopic (exact) mass is 244 g/mol. The van der Waals surface area contributed by atoms with Crippen molar-refractivity contribution >= 4 is 0 Å². The SMILES string of the molecule is CC(C)c1ccc(-c2cnc(C(C)(C)O)[nH]2)cc1. The molecule has 3 nitrogen and oxygen atoms in total. The van der Waals surface area contributed by atoms with Crippen molar-refractivity contribution in [2.45, 2.75) is 39.2 Å². The summed E-state index contributed by atoms with van der Waals surface area (Å²) in [5, 5.41) is 9.87. The summed E-state index contributed by atoms with van der Waals surface area (Å²) in [6, 6.07) is 8.42. The first-order valence-corrected chi connectivity index (χ1v) is 6.26. The molecule has 0 atom stereocenters. The highest BCUT2D eigenvalue weighted by molar-refractivity contribution is 5.59. The molecule has 2 aromatic rings. The molecule has 1 aromatic carbocycles. The number of aromatic amines is 1. The average molecular weight is 244 g/mol. The second kappa shape index (κ2) is 4.58. The summed E-state index contributed by atoms with van der Waals surface area (Å²) in [6.07, 6.45) is 1.76. The Labute approximate surface area is 108 Å². The Hall–Kier alpha value is -1.61. The van der Waals surface area contributed by atoms with Crippen molar-refractivity contribution in [3.05, 3.63) is 41.9 Å². The van der Waals surface area contributed by atoms with Crippen LogP contribution < -0.4 is 0 Å². The molecule has 0 aliphatic carbocycles. The first-order valence-electron chi connectivity index (χ1n) is 6.26. The largest absolute Gasteiger partial charge is 0.383 e. The predicted octanol–water partition coefficient (Wildman–Crippen LogP) is 3.43. The number of aliphatic hydroxyl groups is 1. The zero-order valence-electron chi connectivity index (χ0n) is 11.4. The maximum atomic E-state index is 9.87. The van der Waals surface area contributed by atoms with Crippen molar-refractivity contribution in [1.82, 2.24) is 9.97 Å². The fourth-order valence-electron chi connectivity index (χ4n) is 1.83. The van der Waals surface area contributed by atoms with E-state index in [2.05, 4.69) is 48.1 Å². The zero-order chi connectivity index (χ0) is 13.3. The minimum atomic E-state index is -0.934. The third kappa shape index (κ3) is 2.62. The van der Waals surface area contributed by atoms with Gasteiger partial charge in [-0.25, -0.2) is 4.98 Å². The smallest absolute Gasteiger partial charge is 0.138 e. The van der Waals surface area contributed by atoms with Crippen molar-refractivity contribution in [2.24, 2.45) is 0 Å². The standard InChI is InChI=1S/C15H20N2O/c1-10(2)11-5-7-12(8-6-11)13-9-16-14(17-13)15(3,4)18/h5-10,18H,1-4H3,(H,16,17). The Balaban J connectivity index is 2.29. The lowest BCUT2D eigenvalue weighted by atomic mass is 10.0. The highest BCUT2D eigenvalue weighted by atomic mass is 16.3. The highest BCUT2D eigenvalue weighted by Crippen LogP contribution is 2.24. The van der Waals surface area contributed by atoms with Crippen LogP contribution in [0.1, 0.15) is 45.0 Å². The second-order valence-electron chi connectivity index (χ2n) is 5.48. The summed E-state index contributed by atoms with van der Waals surface area (Å²) in [6.45, 7) is 7.80. The number of hydrogen-bond acceptors (Lipinski definition) is 2. The third-order valence-electron chi connectivity index (χ3n) is 3.04. The van der Waals surface area contributed by atoms with E-state index in [0.717, 1.165) is 11.3 Å². The van der Waals surface area contributed by atoms with Crippen LogP contribution in [0.4, 0.5) is 0 Å². The van der Waals surface area contributed by atoms with Crippen LogP contribution >= 0.6 is 0 Å².